The van der Waals surface area contributed by atoms with E-state index in [2.05, 4.69) is 22.2 Å². The second-order valence-electron chi connectivity index (χ2n) is 5.76. The Labute approximate surface area is 125 Å². The number of carbonyl (C=O) groups excluding carboxylic acids is 1. The zero-order valence-corrected chi connectivity index (χ0v) is 12.9. The lowest BCUT2D eigenvalue weighted by atomic mass is 9.99. The number of hydrogen-bond donors (Lipinski definition) is 2. The highest BCUT2D eigenvalue weighted by molar-refractivity contribution is 5.96. The second kappa shape index (κ2) is 6.85. The van der Waals surface area contributed by atoms with Crippen LogP contribution in [-0.4, -0.2) is 35.1 Å². The van der Waals surface area contributed by atoms with Crippen LogP contribution in [0.1, 0.15) is 55.8 Å². The lowest BCUT2D eigenvalue weighted by Gasteiger charge is -2.17. The number of nitrogens with zero attached hydrogens (tertiary/aromatic N) is 2. The normalized spacial score (nSPS) is 21.7. The number of carbonyl (C=O) groups is 1. The van der Waals surface area contributed by atoms with Crippen molar-refractivity contribution in [1.82, 2.24) is 15.3 Å². The molecule has 1 saturated heterocycles. The van der Waals surface area contributed by atoms with Crippen LogP contribution in [0.2, 0.25) is 0 Å². The van der Waals surface area contributed by atoms with Crippen molar-refractivity contribution in [2.75, 3.05) is 18.9 Å². The van der Waals surface area contributed by atoms with Gasteiger partial charge in [0, 0.05) is 25.0 Å². The van der Waals surface area contributed by atoms with Gasteiger partial charge in [0.25, 0.3) is 5.91 Å². The van der Waals surface area contributed by atoms with Crippen molar-refractivity contribution in [2.24, 2.45) is 5.92 Å². The van der Waals surface area contributed by atoms with Crippen LogP contribution in [0.15, 0.2) is 6.20 Å². The molecule has 0 aliphatic carbocycles. The predicted octanol–water partition coefficient (Wildman–Crippen LogP) is 1.73. The van der Waals surface area contributed by atoms with Crippen LogP contribution in [0, 0.1) is 5.92 Å². The van der Waals surface area contributed by atoms with Crippen LogP contribution in [0.3, 0.4) is 0 Å². The summed E-state index contributed by atoms with van der Waals surface area (Å²) in [6.07, 6.45) is 3.69. The zero-order valence-electron chi connectivity index (χ0n) is 12.9. The van der Waals surface area contributed by atoms with Gasteiger partial charge in [-0.3, -0.25) is 4.79 Å². The number of anilines is 1. The predicted molar refractivity (Wildman–Crippen MR) is 81.0 cm³/mol. The molecule has 0 spiro atoms. The fourth-order valence-electron chi connectivity index (χ4n) is 2.55. The molecule has 0 saturated carbocycles. The van der Waals surface area contributed by atoms with E-state index in [0.717, 1.165) is 19.4 Å². The highest BCUT2D eigenvalue weighted by Gasteiger charge is 2.27. The molecule has 21 heavy (non-hydrogen) atoms. The van der Waals surface area contributed by atoms with Crippen molar-refractivity contribution in [1.29, 1.82) is 0 Å². The van der Waals surface area contributed by atoms with Gasteiger partial charge in [0.15, 0.2) is 5.69 Å². The Morgan fingerprint density at radius 1 is 1.57 bits per heavy atom. The van der Waals surface area contributed by atoms with Crippen LogP contribution < -0.4 is 11.1 Å². The fraction of sp³-hybridized carbons (Fsp3) is 0.667. The van der Waals surface area contributed by atoms with E-state index >= 15 is 0 Å². The first-order valence-corrected chi connectivity index (χ1v) is 7.55. The lowest BCUT2D eigenvalue weighted by Crippen LogP contribution is -2.33. The summed E-state index contributed by atoms with van der Waals surface area (Å²) in [7, 11) is 0. The van der Waals surface area contributed by atoms with E-state index in [1.54, 1.807) is 0 Å². The van der Waals surface area contributed by atoms with Crippen LogP contribution in [0.4, 0.5) is 5.69 Å². The summed E-state index contributed by atoms with van der Waals surface area (Å²) in [5.41, 5.74) is 6.39. The average Bonchev–Trinajstić information content (AvgIpc) is 2.92. The zero-order chi connectivity index (χ0) is 15.4. The van der Waals surface area contributed by atoms with Gasteiger partial charge in [-0.15, -0.1) is 0 Å². The van der Waals surface area contributed by atoms with E-state index in [0.29, 0.717) is 24.0 Å². The number of rotatable bonds is 5. The van der Waals surface area contributed by atoms with Crippen LogP contribution in [0.5, 0.6) is 0 Å². The highest BCUT2D eigenvalue weighted by atomic mass is 16.5. The van der Waals surface area contributed by atoms with Gasteiger partial charge in [-0.05, 0) is 12.8 Å². The van der Waals surface area contributed by atoms with E-state index < -0.39 is 0 Å². The van der Waals surface area contributed by atoms with Crippen molar-refractivity contribution >= 4 is 11.6 Å². The summed E-state index contributed by atoms with van der Waals surface area (Å²) in [6.45, 7) is 7.43. The molecule has 0 radical (unpaired) electrons. The lowest BCUT2D eigenvalue weighted by molar-refractivity contribution is 0.0825. The molecule has 1 aliphatic rings. The summed E-state index contributed by atoms with van der Waals surface area (Å²) in [4.78, 5) is 20.7. The van der Waals surface area contributed by atoms with Gasteiger partial charge in [-0.25, -0.2) is 9.97 Å². The average molecular weight is 292 g/mol. The molecule has 2 atom stereocenters. The van der Waals surface area contributed by atoms with Gasteiger partial charge in [0.05, 0.1) is 18.0 Å². The standard InChI is InChI=1S/C15H24N4O2/c1-4-12-10(5-6-21-12)7-18-15(20)13-11(16)8-17-14(19-13)9(2)3/h8-10,12H,4-7,16H2,1-3H3,(H,18,20). The summed E-state index contributed by atoms with van der Waals surface area (Å²) in [5.74, 6) is 0.917. The quantitative estimate of drug-likeness (QED) is 0.862. The van der Waals surface area contributed by atoms with E-state index in [1.165, 1.54) is 6.20 Å². The van der Waals surface area contributed by atoms with E-state index in [9.17, 15) is 4.79 Å². The first-order chi connectivity index (χ1) is 10.0. The number of nitrogens with two attached hydrogens (primary N) is 1. The third kappa shape index (κ3) is 3.69. The number of ether oxygens (including phenoxy) is 1. The molecule has 1 aromatic rings. The monoisotopic (exact) mass is 292 g/mol. The minimum atomic E-state index is -0.237. The first-order valence-electron chi connectivity index (χ1n) is 7.55. The van der Waals surface area contributed by atoms with E-state index in [4.69, 9.17) is 10.5 Å². The van der Waals surface area contributed by atoms with Crippen molar-refractivity contribution in [3.05, 3.63) is 17.7 Å². The summed E-state index contributed by atoms with van der Waals surface area (Å²) >= 11 is 0. The van der Waals surface area contributed by atoms with Gasteiger partial charge in [-0.1, -0.05) is 20.8 Å². The molecule has 1 aromatic heterocycles. The maximum atomic E-state index is 12.3. The molecular weight excluding hydrogens is 268 g/mol. The summed E-state index contributed by atoms with van der Waals surface area (Å²) < 4.78 is 5.63. The van der Waals surface area contributed by atoms with Gasteiger partial charge in [0.2, 0.25) is 0 Å². The van der Waals surface area contributed by atoms with Crippen LogP contribution >= 0.6 is 0 Å². The maximum Gasteiger partial charge on any atom is 0.272 e. The topological polar surface area (TPSA) is 90.1 Å². The summed E-state index contributed by atoms with van der Waals surface area (Å²) in [6, 6.07) is 0. The van der Waals surface area contributed by atoms with Crippen molar-refractivity contribution in [3.63, 3.8) is 0 Å². The Bertz CT molecular complexity index is 504. The Hall–Kier alpha value is -1.69. The maximum absolute atomic E-state index is 12.3. The Morgan fingerprint density at radius 2 is 2.33 bits per heavy atom. The molecule has 0 aromatic carbocycles. The first kappa shape index (κ1) is 15.7. The third-order valence-corrected chi connectivity index (χ3v) is 3.84. The van der Waals surface area contributed by atoms with Crippen molar-refractivity contribution in [3.8, 4) is 0 Å². The Kier molecular flexibility index (Phi) is 5.12. The number of nitrogens with one attached hydrogen (secondary N) is 1. The molecule has 2 heterocycles. The minimum absolute atomic E-state index is 0.157. The van der Waals surface area contributed by atoms with Gasteiger partial charge in [0.1, 0.15) is 5.82 Å². The van der Waals surface area contributed by atoms with Crippen molar-refractivity contribution in [2.45, 2.75) is 45.6 Å². The molecule has 116 valence electrons. The smallest absolute Gasteiger partial charge is 0.272 e. The van der Waals surface area contributed by atoms with Gasteiger partial charge >= 0.3 is 0 Å². The molecule has 6 nitrogen and oxygen atoms in total. The molecule has 1 aliphatic heterocycles. The van der Waals surface area contributed by atoms with E-state index in [1.807, 2.05) is 13.8 Å². The molecule has 1 fully saturated rings. The molecular formula is C15H24N4O2. The fourth-order valence-corrected chi connectivity index (χ4v) is 2.55. The van der Waals surface area contributed by atoms with Gasteiger partial charge in [-0.2, -0.15) is 0 Å². The molecule has 0 bridgehead atoms. The third-order valence-electron chi connectivity index (χ3n) is 3.84. The van der Waals surface area contributed by atoms with Gasteiger partial charge < -0.3 is 15.8 Å². The molecule has 6 heteroatoms. The molecule has 3 N–H and O–H groups in total. The minimum Gasteiger partial charge on any atom is -0.396 e. The number of aromatic nitrogens is 2. The van der Waals surface area contributed by atoms with E-state index in [-0.39, 0.29) is 23.6 Å². The molecule has 2 unspecified atom stereocenters. The Balaban J connectivity index is 2.01. The summed E-state index contributed by atoms with van der Waals surface area (Å²) in [5, 5.41) is 2.92. The number of amides is 1. The molecule has 1 amide bonds. The van der Waals surface area contributed by atoms with Crippen molar-refractivity contribution < 1.29 is 9.53 Å². The van der Waals surface area contributed by atoms with Crippen LogP contribution in [-0.2, 0) is 4.74 Å². The van der Waals surface area contributed by atoms with Crippen LogP contribution in [0.25, 0.3) is 0 Å². The SMILES string of the molecule is CCC1OCCC1CNC(=O)c1nc(C(C)C)ncc1N. The number of nitrogen functional groups attached to an aromatic ring is 1. The largest absolute Gasteiger partial charge is 0.396 e. The number of hydrogen-bond acceptors (Lipinski definition) is 5. The highest BCUT2D eigenvalue weighted by Crippen LogP contribution is 2.22. The molecule has 2 rings (SSSR count). The second-order valence-corrected chi connectivity index (χ2v) is 5.76. The Morgan fingerprint density at radius 3 is 3.00 bits per heavy atom.